The van der Waals surface area contributed by atoms with Crippen molar-refractivity contribution in [1.82, 2.24) is 0 Å². The highest BCUT2D eigenvalue weighted by Gasteiger charge is 1.90. The van der Waals surface area contributed by atoms with Crippen LogP contribution in [-0.4, -0.2) is 0 Å². The third kappa shape index (κ3) is 5.17. The molecule has 1 aliphatic rings. The smallest absolute Gasteiger partial charge is 0.0348 e. The van der Waals surface area contributed by atoms with Gasteiger partial charge in [0.2, 0.25) is 0 Å². The molecule has 0 saturated carbocycles. The molecule has 0 N–H and O–H groups in total. The fourth-order valence-electron chi connectivity index (χ4n) is 1.42. The third-order valence-electron chi connectivity index (χ3n) is 2.19. The van der Waals surface area contributed by atoms with Gasteiger partial charge in [0, 0.05) is 0 Å². The fourth-order valence-corrected chi connectivity index (χ4v) is 1.42. The monoisotopic (exact) mass is 163 g/mol. The Morgan fingerprint density at radius 2 is 1.17 bits per heavy atom. The van der Waals surface area contributed by atoms with Gasteiger partial charge < -0.3 is 0 Å². The van der Waals surface area contributed by atoms with E-state index in [2.05, 4.69) is 30.7 Å². The average molecular weight is 163 g/mol. The van der Waals surface area contributed by atoms with Gasteiger partial charge >= 0.3 is 0 Å². The summed E-state index contributed by atoms with van der Waals surface area (Å²) in [4.78, 5) is 0. The van der Waals surface area contributed by atoms with Crippen LogP contribution in [0.4, 0.5) is 0 Å². The molecule has 0 heteroatoms. The van der Waals surface area contributed by atoms with Gasteiger partial charge in [-0.3, -0.25) is 0 Å². The van der Waals surface area contributed by atoms with Crippen molar-refractivity contribution >= 4 is 0 Å². The number of hydrogen-bond acceptors (Lipinski definition) is 0. The Bertz CT molecular complexity index is 124. The van der Waals surface area contributed by atoms with Gasteiger partial charge in [-0.1, -0.05) is 37.1 Å². The van der Waals surface area contributed by atoms with Crippen LogP contribution in [0.1, 0.15) is 44.9 Å². The van der Waals surface area contributed by atoms with Crippen molar-refractivity contribution in [2.24, 2.45) is 0 Å². The van der Waals surface area contributed by atoms with Gasteiger partial charge in [-0.2, -0.15) is 0 Å². The number of rotatable bonds is 0. The van der Waals surface area contributed by atoms with Crippen LogP contribution in [0.15, 0.2) is 24.3 Å². The fraction of sp³-hybridized carbons (Fsp3) is 0.583. The van der Waals surface area contributed by atoms with Gasteiger partial charge in [-0.25, -0.2) is 0 Å². The molecule has 12 heavy (non-hydrogen) atoms. The molecule has 0 aromatic rings. The molecule has 1 radical (unpaired) electrons. The summed E-state index contributed by atoms with van der Waals surface area (Å²) in [5.74, 6) is 0. The summed E-state index contributed by atoms with van der Waals surface area (Å²) in [6.45, 7) is 0. The van der Waals surface area contributed by atoms with Crippen molar-refractivity contribution in [3.8, 4) is 0 Å². The van der Waals surface area contributed by atoms with Crippen molar-refractivity contribution in [1.29, 1.82) is 0 Å². The number of allylic oxidation sites excluding steroid dienone is 4. The molecule has 0 unspecified atom stereocenters. The van der Waals surface area contributed by atoms with Gasteiger partial charge in [0.25, 0.3) is 0 Å². The first kappa shape index (κ1) is 9.57. The predicted molar refractivity (Wildman–Crippen MR) is 54.9 cm³/mol. The Kier molecular flexibility index (Phi) is 5.70. The van der Waals surface area contributed by atoms with Gasteiger partial charge in [0.05, 0.1) is 0 Å². The van der Waals surface area contributed by atoms with Crippen LogP contribution < -0.4 is 0 Å². The highest BCUT2D eigenvalue weighted by molar-refractivity contribution is 5.02. The van der Waals surface area contributed by atoms with E-state index in [-0.39, 0.29) is 0 Å². The Hall–Kier alpha value is -0.520. The van der Waals surface area contributed by atoms with Gasteiger partial charge in [0.1, 0.15) is 0 Å². The van der Waals surface area contributed by atoms with E-state index in [4.69, 9.17) is 0 Å². The van der Waals surface area contributed by atoms with Crippen molar-refractivity contribution in [3.63, 3.8) is 0 Å². The third-order valence-corrected chi connectivity index (χ3v) is 2.19. The summed E-state index contributed by atoms with van der Waals surface area (Å²) in [7, 11) is 0. The summed E-state index contributed by atoms with van der Waals surface area (Å²) in [5.41, 5.74) is 0. The molecule has 0 aromatic carbocycles. The molecule has 0 atom stereocenters. The van der Waals surface area contributed by atoms with E-state index in [1.165, 1.54) is 44.9 Å². The molecule has 0 bridgehead atoms. The van der Waals surface area contributed by atoms with E-state index >= 15 is 0 Å². The van der Waals surface area contributed by atoms with E-state index in [0.717, 1.165) is 0 Å². The summed E-state index contributed by atoms with van der Waals surface area (Å²) in [5, 5.41) is 0. The highest BCUT2D eigenvalue weighted by Crippen LogP contribution is 2.09. The van der Waals surface area contributed by atoms with E-state index in [1.54, 1.807) is 0 Å². The topological polar surface area (TPSA) is 0 Å². The Balaban J connectivity index is 2.21. The minimum Gasteiger partial charge on any atom is -0.0845 e. The largest absolute Gasteiger partial charge is 0.0845 e. The number of hydrogen-bond donors (Lipinski definition) is 0. The molecule has 67 valence electrons. The lowest BCUT2D eigenvalue weighted by atomic mass is 10.1. The molecule has 0 fully saturated rings. The standard InChI is InChI=1S/C12H19/c1-2-4-6-8-10-12-11-9-7-5-3-1/h1-4,11H,5-10,12H2/b3-1-,4-2+. The molecule has 0 aliphatic heterocycles. The van der Waals surface area contributed by atoms with Crippen LogP contribution >= 0.6 is 0 Å². The normalized spacial score (nSPS) is 26.7. The summed E-state index contributed by atoms with van der Waals surface area (Å²) in [6.07, 6.45) is 20.5. The second-order valence-electron chi connectivity index (χ2n) is 3.36. The first-order chi connectivity index (χ1) is 6.00. The predicted octanol–water partition coefficient (Wildman–Crippen LogP) is 4.05. The maximum Gasteiger partial charge on any atom is -0.0348 e. The lowest BCUT2D eigenvalue weighted by molar-refractivity contribution is 0.696. The minimum absolute atomic E-state index is 1.24. The molecule has 1 aliphatic carbocycles. The van der Waals surface area contributed by atoms with Crippen LogP contribution in [-0.2, 0) is 0 Å². The van der Waals surface area contributed by atoms with Gasteiger partial charge in [-0.05, 0) is 38.5 Å². The van der Waals surface area contributed by atoms with Gasteiger partial charge in [0.15, 0.2) is 0 Å². The molecule has 0 nitrogen and oxygen atoms in total. The second kappa shape index (κ2) is 7.15. The zero-order valence-corrected chi connectivity index (χ0v) is 7.84. The maximum atomic E-state index is 2.44. The van der Waals surface area contributed by atoms with Crippen molar-refractivity contribution < 1.29 is 0 Å². The zero-order valence-electron chi connectivity index (χ0n) is 7.84. The van der Waals surface area contributed by atoms with E-state index in [0.29, 0.717) is 0 Å². The molecule has 1 rings (SSSR count). The summed E-state index contributed by atoms with van der Waals surface area (Å²) in [6, 6.07) is 0. The van der Waals surface area contributed by atoms with Crippen LogP contribution in [0.2, 0.25) is 0 Å². The molecule has 0 spiro atoms. The Labute approximate surface area is 76.4 Å². The van der Waals surface area contributed by atoms with Crippen LogP contribution in [0.5, 0.6) is 0 Å². The van der Waals surface area contributed by atoms with E-state index in [9.17, 15) is 0 Å². The Morgan fingerprint density at radius 1 is 0.583 bits per heavy atom. The first-order valence-electron chi connectivity index (χ1n) is 5.13. The summed E-state index contributed by atoms with van der Waals surface area (Å²) >= 11 is 0. The van der Waals surface area contributed by atoms with Crippen LogP contribution in [0.3, 0.4) is 0 Å². The first-order valence-corrected chi connectivity index (χ1v) is 5.13. The van der Waals surface area contributed by atoms with Crippen LogP contribution in [0.25, 0.3) is 0 Å². The van der Waals surface area contributed by atoms with Crippen LogP contribution in [0, 0.1) is 6.42 Å². The van der Waals surface area contributed by atoms with E-state index in [1.807, 2.05) is 0 Å². The Morgan fingerprint density at radius 3 is 2.00 bits per heavy atom. The molecule has 0 heterocycles. The zero-order chi connectivity index (χ0) is 8.49. The second-order valence-corrected chi connectivity index (χ2v) is 3.36. The molecule has 0 aromatic heterocycles. The van der Waals surface area contributed by atoms with Crippen molar-refractivity contribution in [3.05, 3.63) is 30.7 Å². The lowest BCUT2D eigenvalue weighted by Crippen LogP contribution is -1.81. The molecular weight excluding hydrogens is 144 g/mol. The van der Waals surface area contributed by atoms with Crippen molar-refractivity contribution in [2.45, 2.75) is 44.9 Å². The maximum absolute atomic E-state index is 2.44. The molecule has 0 saturated heterocycles. The SMILES string of the molecule is [CH]1CCC/C=C\C=C\CCCC1. The average Bonchev–Trinajstić information content (AvgIpc) is 2.05. The van der Waals surface area contributed by atoms with Crippen molar-refractivity contribution in [2.75, 3.05) is 0 Å². The van der Waals surface area contributed by atoms with E-state index < -0.39 is 0 Å². The highest BCUT2D eigenvalue weighted by atomic mass is 14.0. The van der Waals surface area contributed by atoms with Gasteiger partial charge in [-0.15, -0.1) is 0 Å². The quantitative estimate of drug-likeness (QED) is 0.505. The molecule has 0 amide bonds. The molecular formula is C12H19. The summed E-state index contributed by atoms with van der Waals surface area (Å²) < 4.78 is 0. The lowest BCUT2D eigenvalue weighted by Gasteiger charge is -1.99. The minimum atomic E-state index is 1.24.